The summed E-state index contributed by atoms with van der Waals surface area (Å²) in [5.74, 6) is 0.0646. The molecular formula is C15H17N3O2S. The van der Waals surface area contributed by atoms with E-state index in [-0.39, 0.29) is 24.4 Å². The maximum absolute atomic E-state index is 12.5. The first kappa shape index (κ1) is 14.0. The number of carbonyl (C=O) groups is 2. The van der Waals surface area contributed by atoms with Gasteiger partial charge in [0.05, 0.1) is 0 Å². The SMILES string of the molecule is NC(=S)c1ccccc1CN1CC(=O)N2CCCC2C1=O. The highest BCUT2D eigenvalue weighted by Gasteiger charge is 2.41. The zero-order chi connectivity index (χ0) is 15.0. The number of rotatable bonds is 3. The van der Waals surface area contributed by atoms with E-state index < -0.39 is 0 Å². The zero-order valence-electron chi connectivity index (χ0n) is 11.6. The van der Waals surface area contributed by atoms with Crippen LogP contribution in [-0.2, 0) is 16.1 Å². The van der Waals surface area contributed by atoms with Crippen LogP contribution in [0.3, 0.4) is 0 Å². The van der Waals surface area contributed by atoms with E-state index in [1.807, 2.05) is 24.3 Å². The van der Waals surface area contributed by atoms with Gasteiger partial charge in [-0.3, -0.25) is 9.59 Å². The van der Waals surface area contributed by atoms with Gasteiger partial charge in [-0.05, 0) is 18.4 Å². The lowest BCUT2D eigenvalue weighted by Crippen LogP contribution is -2.57. The average Bonchev–Trinajstić information content (AvgIpc) is 2.95. The molecular weight excluding hydrogens is 286 g/mol. The Morgan fingerprint density at radius 1 is 1.33 bits per heavy atom. The number of fused-ring (bicyclic) bond motifs is 1. The molecule has 2 N–H and O–H groups in total. The Balaban J connectivity index is 1.83. The molecule has 6 heteroatoms. The smallest absolute Gasteiger partial charge is 0.246 e. The third-order valence-corrected chi connectivity index (χ3v) is 4.36. The molecule has 1 unspecified atom stereocenters. The van der Waals surface area contributed by atoms with E-state index in [1.54, 1.807) is 9.80 Å². The molecule has 2 amide bonds. The Bertz CT molecular complexity index is 617. The molecule has 0 radical (unpaired) electrons. The molecule has 2 heterocycles. The number of nitrogens with two attached hydrogens (primary N) is 1. The molecule has 2 fully saturated rings. The van der Waals surface area contributed by atoms with Crippen LogP contribution in [-0.4, -0.2) is 45.7 Å². The number of carbonyl (C=O) groups excluding carboxylic acids is 2. The monoisotopic (exact) mass is 303 g/mol. The molecule has 110 valence electrons. The molecule has 1 aromatic carbocycles. The number of piperazine rings is 1. The van der Waals surface area contributed by atoms with Crippen LogP contribution in [0.5, 0.6) is 0 Å². The lowest BCUT2D eigenvalue weighted by molar-refractivity contribution is -0.154. The van der Waals surface area contributed by atoms with Crippen LogP contribution in [0.25, 0.3) is 0 Å². The second kappa shape index (κ2) is 5.44. The molecule has 0 saturated carbocycles. The van der Waals surface area contributed by atoms with E-state index in [9.17, 15) is 9.59 Å². The van der Waals surface area contributed by atoms with Crippen LogP contribution in [0, 0.1) is 0 Å². The molecule has 1 aromatic rings. The molecule has 0 bridgehead atoms. The molecule has 3 rings (SSSR count). The molecule has 21 heavy (non-hydrogen) atoms. The van der Waals surface area contributed by atoms with E-state index in [4.69, 9.17) is 18.0 Å². The minimum Gasteiger partial charge on any atom is -0.389 e. The lowest BCUT2D eigenvalue weighted by atomic mass is 10.1. The van der Waals surface area contributed by atoms with E-state index >= 15 is 0 Å². The quantitative estimate of drug-likeness (QED) is 0.833. The van der Waals surface area contributed by atoms with E-state index in [1.165, 1.54) is 0 Å². The number of hydrogen-bond acceptors (Lipinski definition) is 3. The second-order valence-corrected chi connectivity index (χ2v) is 5.90. The topological polar surface area (TPSA) is 66.6 Å². The molecule has 0 aliphatic carbocycles. The predicted molar refractivity (Wildman–Crippen MR) is 82.5 cm³/mol. The van der Waals surface area contributed by atoms with E-state index in [0.717, 1.165) is 24.0 Å². The fourth-order valence-corrected chi connectivity index (χ4v) is 3.30. The number of thiocarbonyl (C=S) groups is 1. The number of nitrogens with zero attached hydrogens (tertiary/aromatic N) is 2. The van der Waals surface area contributed by atoms with Crippen LogP contribution < -0.4 is 5.73 Å². The fraction of sp³-hybridized carbons (Fsp3) is 0.400. The summed E-state index contributed by atoms with van der Waals surface area (Å²) in [4.78, 5) is 28.3. The summed E-state index contributed by atoms with van der Waals surface area (Å²) in [6, 6.07) is 7.21. The molecule has 5 nitrogen and oxygen atoms in total. The van der Waals surface area contributed by atoms with Gasteiger partial charge in [0.1, 0.15) is 17.6 Å². The van der Waals surface area contributed by atoms with Crippen LogP contribution in [0.1, 0.15) is 24.0 Å². The van der Waals surface area contributed by atoms with Crippen molar-refractivity contribution in [3.63, 3.8) is 0 Å². The van der Waals surface area contributed by atoms with Crippen molar-refractivity contribution in [2.75, 3.05) is 13.1 Å². The van der Waals surface area contributed by atoms with Crippen molar-refractivity contribution in [3.05, 3.63) is 35.4 Å². The van der Waals surface area contributed by atoms with Crippen molar-refractivity contribution < 1.29 is 9.59 Å². The minimum absolute atomic E-state index is 0.0323. The van der Waals surface area contributed by atoms with Gasteiger partial charge in [-0.2, -0.15) is 0 Å². The first-order valence-electron chi connectivity index (χ1n) is 7.04. The highest BCUT2D eigenvalue weighted by atomic mass is 32.1. The summed E-state index contributed by atoms with van der Waals surface area (Å²) in [7, 11) is 0. The van der Waals surface area contributed by atoms with Gasteiger partial charge in [0.2, 0.25) is 11.8 Å². The largest absolute Gasteiger partial charge is 0.389 e. The van der Waals surface area contributed by atoms with Gasteiger partial charge in [-0.15, -0.1) is 0 Å². The van der Waals surface area contributed by atoms with Crippen molar-refractivity contribution in [1.29, 1.82) is 0 Å². The van der Waals surface area contributed by atoms with Crippen molar-refractivity contribution in [2.24, 2.45) is 5.73 Å². The molecule has 2 aliphatic heterocycles. The molecule has 1 atom stereocenters. The van der Waals surface area contributed by atoms with Crippen LogP contribution in [0.2, 0.25) is 0 Å². The number of hydrogen-bond donors (Lipinski definition) is 1. The maximum Gasteiger partial charge on any atom is 0.246 e. The zero-order valence-corrected chi connectivity index (χ0v) is 12.4. The Hall–Kier alpha value is -1.95. The number of benzene rings is 1. The highest BCUT2D eigenvalue weighted by Crippen LogP contribution is 2.25. The first-order valence-corrected chi connectivity index (χ1v) is 7.44. The summed E-state index contributed by atoms with van der Waals surface area (Å²) in [5.41, 5.74) is 7.37. The molecule has 0 spiro atoms. The summed E-state index contributed by atoms with van der Waals surface area (Å²) in [6.07, 6.45) is 1.66. The fourth-order valence-electron chi connectivity index (χ4n) is 3.10. The highest BCUT2D eigenvalue weighted by molar-refractivity contribution is 7.80. The van der Waals surface area contributed by atoms with Gasteiger partial charge >= 0.3 is 0 Å². The summed E-state index contributed by atoms with van der Waals surface area (Å²) < 4.78 is 0. The second-order valence-electron chi connectivity index (χ2n) is 5.46. The molecule has 0 aromatic heterocycles. The van der Waals surface area contributed by atoms with Crippen molar-refractivity contribution in [1.82, 2.24) is 9.80 Å². The summed E-state index contributed by atoms with van der Waals surface area (Å²) in [5, 5.41) is 0. The van der Waals surface area contributed by atoms with Gasteiger partial charge < -0.3 is 15.5 Å². The summed E-state index contributed by atoms with van der Waals surface area (Å²) >= 11 is 5.04. The third-order valence-electron chi connectivity index (χ3n) is 4.14. The molecule has 2 aliphatic rings. The predicted octanol–water partition coefficient (Wildman–Crippen LogP) is 0.654. The van der Waals surface area contributed by atoms with Crippen molar-refractivity contribution >= 4 is 29.0 Å². The van der Waals surface area contributed by atoms with Gasteiger partial charge in [0.15, 0.2) is 0 Å². The molecule has 2 saturated heterocycles. The van der Waals surface area contributed by atoms with Gasteiger partial charge in [-0.1, -0.05) is 36.5 Å². The van der Waals surface area contributed by atoms with Crippen LogP contribution in [0.4, 0.5) is 0 Å². The van der Waals surface area contributed by atoms with E-state index in [0.29, 0.717) is 18.1 Å². The average molecular weight is 303 g/mol. The Labute approximate surface area is 128 Å². The minimum atomic E-state index is -0.275. The Kier molecular flexibility index (Phi) is 3.63. The number of amides is 2. The normalized spacial score (nSPS) is 21.6. The Morgan fingerprint density at radius 3 is 2.86 bits per heavy atom. The van der Waals surface area contributed by atoms with Crippen LogP contribution >= 0.6 is 12.2 Å². The first-order chi connectivity index (χ1) is 10.1. The third kappa shape index (κ3) is 2.51. The van der Waals surface area contributed by atoms with Crippen LogP contribution in [0.15, 0.2) is 24.3 Å². The Morgan fingerprint density at radius 2 is 2.10 bits per heavy atom. The standard InChI is InChI=1S/C15H17N3O2S/c16-14(21)11-5-2-1-4-10(11)8-17-9-13(19)18-7-3-6-12(18)15(17)20/h1-2,4-5,12H,3,6-9H2,(H2,16,21). The van der Waals surface area contributed by atoms with Gasteiger partial charge in [0.25, 0.3) is 0 Å². The van der Waals surface area contributed by atoms with Crippen molar-refractivity contribution in [2.45, 2.75) is 25.4 Å². The summed E-state index contributed by atoms with van der Waals surface area (Å²) in [6.45, 7) is 1.22. The van der Waals surface area contributed by atoms with Crippen molar-refractivity contribution in [3.8, 4) is 0 Å². The lowest BCUT2D eigenvalue weighted by Gasteiger charge is -2.36. The van der Waals surface area contributed by atoms with Gasteiger partial charge in [0, 0.05) is 18.7 Å². The maximum atomic E-state index is 12.5. The van der Waals surface area contributed by atoms with Gasteiger partial charge in [-0.25, -0.2) is 0 Å². The van der Waals surface area contributed by atoms with E-state index in [2.05, 4.69) is 0 Å².